The molecule has 5 heteroatoms. The van der Waals surface area contributed by atoms with Crippen LogP contribution in [0.5, 0.6) is 0 Å². The Morgan fingerprint density at radius 1 is 1.17 bits per heavy atom. The molecule has 1 aromatic carbocycles. The topological polar surface area (TPSA) is 49.4 Å². The van der Waals surface area contributed by atoms with E-state index >= 15 is 0 Å². The van der Waals surface area contributed by atoms with E-state index in [2.05, 4.69) is 5.32 Å². The zero-order valence-electron chi connectivity index (χ0n) is 14.1. The first-order valence-corrected chi connectivity index (χ1v) is 8.09. The molecule has 126 valence electrons. The van der Waals surface area contributed by atoms with Gasteiger partial charge < -0.3 is 10.2 Å². The fraction of sp³-hybridized carbons (Fsp3) is 0.556. The van der Waals surface area contributed by atoms with Gasteiger partial charge in [-0.2, -0.15) is 0 Å². The molecule has 1 saturated heterocycles. The monoisotopic (exact) mass is 320 g/mol. The molecule has 1 fully saturated rings. The number of nitrogens with one attached hydrogen (secondary N) is 1. The Kier molecular flexibility index (Phi) is 5.39. The molecule has 1 aliphatic heterocycles. The molecule has 1 aliphatic rings. The van der Waals surface area contributed by atoms with Gasteiger partial charge in [-0.05, 0) is 30.5 Å². The van der Waals surface area contributed by atoms with Crippen molar-refractivity contribution < 1.29 is 14.0 Å². The fourth-order valence-electron chi connectivity index (χ4n) is 2.56. The van der Waals surface area contributed by atoms with Crippen LogP contribution in [0, 0.1) is 11.2 Å². The molecule has 4 nitrogen and oxygen atoms in total. The lowest BCUT2D eigenvalue weighted by atomic mass is 9.94. The predicted molar refractivity (Wildman–Crippen MR) is 87.3 cm³/mol. The van der Waals surface area contributed by atoms with Gasteiger partial charge in [-0.15, -0.1) is 0 Å². The van der Waals surface area contributed by atoms with Crippen molar-refractivity contribution in [3.63, 3.8) is 0 Å². The Morgan fingerprint density at radius 3 is 2.26 bits per heavy atom. The molecule has 0 aliphatic carbocycles. The van der Waals surface area contributed by atoms with Crippen molar-refractivity contribution >= 4 is 11.8 Å². The van der Waals surface area contributed by atoms with Gasteiger partial charge in [-0.25, -0.2) is 4.39 Å². The summed E-state index contributed by atoms with van der Waals surface area (Å²) in [7, 11) is 0. The van der Waals surface area contributed by atoms with Gasteiger partial charge in [0.25, 0.3) is 0 Å². The van der Waals surface area contributed by atoms with Crippen LogP contribution in [-0.2, 0) is 16.0 Å². The number of carbonyl (C=O) groups excluding carboxylic acids is 2. The van der Waals surface area contributed by atoms with Crippen LogP contribution in [0.2, 0.25) is 0 Å². The van der Waals surface area contributed by atoms with E-state index in [1.807, 2.05) is 25.7 Å². The highest BCUT2D eigenvalue weighted by molar-refractivity contribution is 5.82. The van der Waals surface area contributed by atoms with Crippen molar-refractivity contribution in [3.05, 3.63) is 35.6 Å². The fourth-order valence-corrected chi connectivity index (χ4v) is 2.56. The number of carbonyl (C=O) groups is 2. The predicted octanol–water partition coefficient (Wildman–Crippen LogP) is 2.52. The molecule has 0 spiro atoms. The van der Waals surface area contributed by atoms with E-state index in [1.165, 1.54) is 12.1 Å². The molecule has 2 rings (SSSR count). The first kappa shape index (κ1) is 17.4. The molecule has 0 radical (unpaired) electrons. The Morgan fingerprint density at radius 2 is 1.74 bits per heavy atom. The van der Waals surface area contributed by atoms with Crippen LogP contribution in [0.3, 0.4) is 0 Å². The number of benzene rings is 1. The van der Waals surface area contributed by atoms with Crippen molar-refractivity contribution in [3.8, 4) is 0 Å². The lowest BCUT2D eigenvalue weighted by molar-refractivity contribution is -0.132. The summed E-state index contributed by atoms with van der Waals surface area (Å²) in [6.07, 6.45) is 1.84. The van der Waals surface area contributed by atoms with Crippen molar-refractivity contribution in [2.75, 3.05) is 13.1 Å². The van der Waals surface area contributed by atoms with Crippen molar-refractivity contribution in [1.82, 2.24) is 10.2 Å². The Balaban J connectivity index is 1.81. The lowest BCUT2D eigenvalue weighted by Gasteiger charge is -2.33. The average Bonchev–Trinajstić information content (AvgIpc) is 2.49. The largest absolute Gasteiger partial charge is 0.353 e. The second-order valence-corrected chi connectivity index (χ2v) is 7.18. The minimum atomic E-state index is -0.393. The van der Waals surface area contributed by atoms with Crippen molar-refractivity contribution in [2.24, 2.45) is 5.41 Å². The maximum absolute atomic E-state index is 12.9. The van der Waals surface area contributed by atoms with Crippen LogP contribution in [-0.4, -0.2) is 35.8 Å². The zero-order chi connectivity index (χ0) is 17.0. The highest BCUT2D eigenvalue weighted by Gasteiger charge is 2.27. The molecule has 2 amide bonds. The third-order valence-corrected chi connectivity index (χ3v) is 4.13. The molecular formula is C18H25FN2O2. The highest BCUT2D eigenvalue weighted by Crippen LogP contribution is 2.17. The molecule has 0 atom stereocenters. The van der Waals surface area contributed by atoms with Gasteiger partial charge in [0.1, 0.15) is 5.82 Å². The van der Waals surface area contributed by atoms with Crippen LogP contribution >= 0.6 is 0 Å². The first-order valence-electron chi connectivity index (χ1n) is 8.09. The maximum Gasteiger partial charge on any atom is 0.226 e. The standard InChI is InChI=1S/C18H25FN2O2/c1-18(2,3)17(23)20-15-8-10-21(11-9-15)16(22)12-13-4-6-14(19)7-5-13/h4-7,15H,8-12H2,1-3H3,(H,20,23). The van der Waals surface area contributed by atoms with Gasteiger partial charge in [0, 0.05) is 24.5 Å². The van der Waals surface area contributed by atoms with E-state index in [-0.39, 0.29) is 23.7 Å². The Labute approximate surface area is 137 Å². The lowest BCUT2D eigenvalue weighted by Crippen LogP contribution is -2.49. The van der Waals surface area contributed by atoms with Crippen LogP contribution in [0.4, 0.5) is 4.39 Å². The normalized spacial score (nSPS) is 16.3. The smallest absolute Gasteiger partial charge is 0.226 e. The number of hydrogen-bond donors (Lipinski definition) is 1. The number of likely N-dealkylation sites (tertiary alicyclic amines) is 1. The number of nitrogens with zero attached hydrogens (tertiary/aromatic N) is 1. The van der Waals surface area contributed by atoms with Gasteiger partial charge >= 0.3 is 0 Å². The molecule has 0 unspecified atom stereocenters. The van der Waals surface area contributed by atoms with Gasteiger partial charge in [-0.3, -0.25) is 9.59 Å². The van der Waals surface area contributed by atoms with Gasteiger partial charge in [0.2, 0.25) is 11.8 Å². The molecule has 0 bridgehead atoms. The average molecular weight is 320 g/mol. The third-order valence-electron chi connectivity index (χ3n) is 4.13. The van der Waals surface area contributed by atoms with E-state index in [4.69, 9.17) is 0 Å². The summed E-state index contributed by atoms with van der Waals surface area (Å²) in [5.41, 5.74) is 0.426. The summed E-state index contributed by atoms with van der Waals surface area (Å²) in [6.45, 7) is 6.97. The first-order chi connectivity index (χ1) is 10.8. The Hall–Kier alpha value is -1.91. The molecule has 1 N–H and O–H groups in total. The second-order valence-electron chi connectivity index (χ2n) is 7.18. The van der Waals surface area contributed by atoms with Gasteiger partial charge in [-0.1, -0.05) is 32.9 Å². The summed E-state index contributed by atoms with van der Waals surface area (Å²) in [4.78, 5) is 26.1. The minimum Gasteiger partial charge on any atom is -0.353 e. The van der Waals surface area contributed by atoms with Gasteiger partial charge in [0.05, 0.1) is 6.42 Å². The van der Waals surface area contributed by atoms with Crippen LogP contribution < -0.4 is 5.32 Å². The maximum atomic E-state index is 12.9. The Bertz CT molecular complexity index is 555. The minimum absolute atomic E-state index is 0.0496. The zero-order valence-corrected chi connectivity index (χ0v) is 14.1. The summed E-state index contributed by atoms with van der Waals surface area (Å²) < 4.78 is 12.9. The van der Waals surface area contributed by atoms with Crippen molar-refractivity contribution in [1.29, 1.82) is 0 Å². The number of hydrogen-bond acceptors (Lipinski definition) is 2. The summed E-state index contributed by atoms with van der Waals surface area (Å²) >= 11 is 0. The highest BCUT2D eigenvalue weighted by atomic mass is 19.1. The molecular weight excluding hydrogens is 295 g/mol. The number of piperidine rings is 1. The molecule has 1 aromatic rings. The van der Waals surface area contributed by atoms with Crippen LogP contribution in [0.1, 0.15) is 39.2 Å². The van der Waals surface area contributed by atoms with E-state index in [0.717, 1.165) is 18.4 Å². The van der Waals surface area contributed by atoms with Crippen LogP contribution in [0.25, 0.3) is 0 Å². The second kappa shape index (κ2) is 7.11. The SMILES string of the molecule is CC(C)(C)C(=O)NC1CCN(C(=O)Cc2ccc(F)cc2)CC1. The quantitative estimate of drug-likeness (QED) is 0.930. The summed E-state index contributed by atoms with van der Waals surface area (Å²) in [5, 5.41) is 3.06. The molecule has 23 heavy (non-hydrogen) atoms. The summed E-state index contributed by atoms with van der Waals surface area (Å²) in [6, 6.07) is 6.16. The van der Waals surface area contributed by atoms with Crippen LogP contribution in [0.15, 0.2) is 24.3 Å². The number of amides is 2. The molecule has 0 aromatic heterocycles. The van der Waals surface area contributed by atoms with E-state index < -0.39 is 5.41 Å². The van der Waals surface area contributed by atoms with E-state index in [0.29, 0.717) is 19.5 Å². The molecule has 1 heterocycles. The van der Waals surface area contributed by atoms with E-state index in [9.17, 15) is 14.0 Å². The number of halogens is 1. The number of rotatable bonds is 3. The van der Waals surface area contributed by atoms with Gasteiger partial charge in [0.15, 0.2) is 0 Å². The third kappa shape index (κ3) is 5.05. The van der Waals surface area contributed by atoms with Crippen molar-refractivity contribution in [2.45, 2.75) is 46.1 Å². The summed E-state index contributed by atoms with van der Waals surface area (Å²) in [5.74, 6) is -0.192. The van der Waals surface area contributed by atoms with E-state index in [1.54, 1.807) is 12.1 Å². The molecule has 0 saturated carbocycles.